The van der Waals surface area contributed by atoms with Crippen LogP contribution in [0.5, 0.6) is 0 Å². The van der Waals surface area contributed by atoms with Crippen LogP contribution < -0.4 is 0 Å². The van der Waals surface area contributed by atoms with Crippen LogP contribution in [-0.4, -0.2) is 54.0 Å². The molecule has 98 valence electrons. The van der Waals surface area contributed by atoms with E-state index in [-0.39, 0.29) is 24.7 Å². The van der Waals surface area contributed by atoms with Gasteiger partial charge in [0.1, 0.15) is 0 Å². The number of hydrogen-bond acceptors (Lipinski definition) is 9. The number of rotatable bonds is 7. The Labute approximate surface area is 108 Å². The molecule has 0 radical (unpaired) electrons. The van der Waals surface area contributed by atoms with Gasteiger partial charge in [0.15, 0.2) is 0 Å². The lowest BCUT2D eigenvalue weighted by molar-refractivity contribution is -0.201. The van der Waals surface area contributed by atoms with E-state index >= 15 is 0 Å². The summed E-state index contributed by atoms with van der Waals surface area (Å²) in [6, 6.07) is 0. The van der Waals surface area contributed by atoms with Crippen LogP contribution in [0.15, 0.2) is 0 Å². The van der Waals surface area contributed by atoms with Gasteiger partial charge in [0.25, 0.3) is 0 Å². The summed E-state index contributed by atoms with van der Waals surface area (Å²) in [4.78, 5) is 33.0. The molecule has 17 heavy (non-hydrogen) atoms. The number of ether oxygens (including phenoxy) is 3. The van der Waals surface area contributed by atoms with E-state index in [1.807, 2.05) is 0 Å². The van der Waals surface area contributed by atoms with Crippen molar-refractivity contribution < 1.29 is 33.7 Å². The SMILES string of the molecule is O=C(CS)OC(=O)C(OCCO)OC(=O)CS. The molecule has 1 N–H and O–H groups in total. The Bertz CT molecular complexity index is 281. The van der Waals surface area contributed by atoms with E-state index in [9.17, 15) is 14.4 Å². The average Bonchev–Trinajstić information content (AvgIpc) is 2.33. The molecule has 0 amide bonds. The van der Waals surface area contributed by atoms with Crippen molar-refractivity contribution in [3.63, 3.8) is 0 Å². The number of thiol groups is 2. The van der Waals surface area contributed by atoms with Crippen molar-refractivity contribution in [1.82, 2.24) is 0 Å². The number of carbonyl (C=O) groups excluding carboxylic acids is 3. The van der Waals surface area contributed by atoms with Crippen LogP contribution in [0.4, 0.5) is 0 Å². The van der Waals surface area contributed by atoms with Crippen molar-refractivity contribution in [3.05, 3.63) is 0 Å². The lowest BCUT2D eigenvalue weighted by Gasteiger charge is -2.15. The molecule has 0 aliphatic carbocycles. The molecule has 0 aliphatic heterocycles. The Hall–Kier alpha value is -0.770. The van der Waals surface area contributed by atoms with Gasteiger partial charge in [-0.1, -0.05) is 0 Å². The van der Waals surface area contributed by atoms with E-state index in [4.69, 9.17) is 9.84 Å². The van der Waals surface area contributed by atoms with Gasteiger partial charge < -0.3 is 19.3 Å². The van der Waals surface area contributed by atoms with E-state index in [0.29, 0.717) is 0 Å². The van der Waals surface area contributed by atoms with Crippen LogP contribution in [0, 0.1) is 0 Å². The van der Waals surface area contributed by atoms with Crippen LogP contribution in [0.25, 0.3) is 0 Å². The molecule has 0 fully saturated rings. The number of carbonyl (C=O) groups is 3. The molecule has 7 nitrogen and oxygen atoms in total. The third kappa shape index (κ3) is 7.21. The summed E-state index contributed by atoms with van der Waals surface area (Å²) in [5, 5.41) is 8.50. The van der Waals surface area contributed by atoms with Crippen molar-refractivity contribution in [2.45, 2.75) is 6.29 Å². The fourth-order valence-electron chi connectivity index (χ4n) is 0.659. The van der Waals surface area contributed by atoms with E-state index in [1.54, 1.807) is 0 Å². The fourth-order valence-corrected chi connectivity index (χ4v) is 0.798. The summed E-state index contributed by atoms with van der Waals surface area (Å²) in [7, 11) is 0. The Balaban J connectivity index is 4.38. The first kappa shape index (κ1) is 16.2. The molecule has 0 aromatic rings. The lowest BCUT2D eigenvalue weighted by atomic mass is 10.6. The summed E-state index contributed by atoms with van der Waals surface area (Å²) in [6.45, 7) is -0.641. The van der Waals surface area contributed by atoms with Crippen LogP contribution in [0.3, 0.4) is 0 Å². The van der Waals surface area contributed by atoms with Crippen LogP contribution in [0.2, 0.25) is 0 Å². The van der Waals surface area contributed by atoms with E-state index in [0.717, 1.165) is 0 Å². The summed E-state index contributed by atoms with van der Waals surface area (Å²) >= 11 is 7.22. The zero-order valence-electron chi connectivity index (χ0n) is 8.70. The van der Waals surface area contributed by atoms with Crippen molar-refractivity contribution in [2.24, 2.45) is 0 Å². The fraction of sp³-hybridized carbons (Fsp3) is 0.625. The first-order valence-corrected chi connectivity index (χ1v) is 5.69. The molecular formula is C8H12O7S2. The van der Waals surface area contributed by atoms with Gasteiger partial charge in [-0.15, -0.1) is 0 Å². The Morgan fingerprint density at radius 2 is 1.71 bits per heavy atom. The normalized spacial score (nSPS) is 11.7. The van der Waals surface area contributed by atoms with Gasteiger partial charge in [0, 0.05) is 0 Å². The third-order valence-electron chi connectivity index (χ3n) is 1.26. The number of aliphatic hydroxyl groups excluding tert-OH is 1. The largest absolute Gasteiger partial charge is 0.423 e. The minimum Gasteiger partial charge on any atom is -0.423 e. The quantitative estimate of drug-likeness (QED) is 0.233. The zero-order valence-corrected chi connectivity index (χ0v) is 10.5. The van der Waals surface area contributed by atoms with Crippen molar-refractivity contribution in [2.75, 3.05) is 24.7 Å². The molecule has 0 saturated heterocycles. The van der Waals surface area contributed by atoms with Crippen molar-refractivity contribution in [3.8, 4) is 0 Å². The highest BCUT2D eigenvalue weighted by Gasteiger charge is 2.26. The third-order valence-corrected chi connectivity index (χ3v) is 1.78. The first-order chi connectivity index (χ1) is 8.04. The van der Waals surface area contributed by atoms with Gasteiger partial charge in [0.2, 0.25) is 0 Å². The standard InChI is InChI=1S/C8H12O7S2/c9-1-2-13-8(15-6(11)4-17)7(12)14-5(10)3-16/h8-9,16-17H,1-4H2. The van der Waals surface area contributed by atoms with Crippen LogP contribution in [-0.2, 0) is 28.6 Å². The molecule has 9 heteroatoms. The van der Waals surface area contributed by atoms with E-state index < -0.39 is 24.2 Å². The monoisotopic (exact) mass is 284 g/mol. The number of esters is 3. The zero-order chi connectivity index (χ0) is 13.3. The second kappa shape index (κ2) is 9.28. The first-order valence-electron chi connectivity index (χ1n) is 4.43. The topological polar surface area (TPSA) is 99.1 Å². The lowest BCUT2D eigenvalue weighted by Crippen LogP contribution is -2.34. The maximum atomic E-state index is 11.3. The van der Waals surface area contributed by atoms with Crippen molar-refractivity contribution >= 4 is 43.2 Å². The van der Waals surface area contributed by atoms with Crippen LogP contribution >= 0.6 is 25.3 Å². The molecule has 0 saturated carbocycles. The van der Waals surface area contributed by atoms with Gasteiger partial charge in [-0.05, 0) is 0 Å². The Kier molecular flexibility index (Phi) is 8.86. The molecular weight excluding hydrogens is 272 g/mol. The summed E-state index contributed by atoms with van der Waals surface area (Å²) < 4.78 is 13.4. The van der Waals surface area contributed by atoms with Gasteiger partial charge in [0.05, 0.1) is 24.7 Å². The van der Waals surface area contributed by atoms with Gasteiger partial charge in [-0.25, -0.2) is 4.79 Å². The van der Waals surface area contributed by atoms with E-state index in [2.05, 4.69) is 34.7 Å². The maximum Gasteiger partial charge on any atom is 0.384 e. The minimum absolute atomic E-state index is 0.255. The Morgan fingerprint density at radius 3 is 2.18 bits per heavy atom. The summed E-state index contributed by atoms with van der Waals surface area (Å²) in [5.41, 5.74) is 0. The molecule has 1 atom stereocenters. The van der Waals surface area contributed by atoms with Crippen molar-refractivity contribution in [1.29, 1.82) is 0 Å². The molecule has 1 unspecified atom stereocenters. The molecule has 0 rings (SSSR count). The highest BCUT2D eigenvalue weighted by atomic mass is 32.1. The molecule has 0 spiro atoms. The second-order valence-corrected chi connectivity index (χ2v) is 3.16. The molecule has 0 bridgehead atoms. The average molecular weight is 284 g/mol. The van der Waals surface area contributed by atoms with Gasteiger partial charge in [-0.3, -0.25) is 9.59 Å². The predicted molar refractivity (Wildman–Crippen MR) is 61.7 cm³/mol. The summed E-state index contributed by atoms with van der Waals surface area (Å²) in [6.07, 6.45) is -1.70. The van der Waals surface area contributed by atoms with Gasteiger partial charge >= 0.3 is 24.2 Å². The van der Waals surface area contributed by atoms with Gasteiger partial charge in [-0.2, -0.15) is 25.3 Å². The highest BCUT2D eigenvalue weighted by Crippen LogP contribution is 2.01. The summed E-state index contributed by atoms with van der Waals surface area (Å²) in [5.74, 6) is -3.50. The number of aliphatic hydroxyl groups is 1. The van der Waals surface area contributed by atoms with Crippen LogP contribution in [0.1, 0.15) is 0 Å². The second-order valence-electron chi connectivity index (χ2n) is 2.53. The van der Waals surface area contributed by atoms with E-state index in [1.165, 1.54) is 0 Å². The molecule has 0 heterocycles. The smallest absolute Gasteiger partial charge is 0.384 e. The maximum absolute atomic E-state index is 11.3. The number of hydrogen-bond donors (Lipinski definition) is 3. The molecule has 0 aliphatic rings. The molecule has 0 aromatic heterocycles. The Morgan fingerprint density at radius 1 is 1.12 bits per heavy atom. The molecule has 0 aromatic carbocycles. The minimum atomic E-state index is -1.70. The highest BCUT2D eigenvalue weighted by molar-refractivity contribution is 7.81. The predicted octanol–water partition coefficient (Wildman–Crippen LogP) is -1.21.